The fourth-order valence-corrected chi connectivity index (χ4v) is 5.09. The zero-order valence-corrected chi connectivity index (χ0v) is 17.0. The summed E-state index contributed by atoms with van der Waals surface area (Å²) < 4.78 is 31.9. The third-order valence-corrected chi connectivity index (χ3v) is 6.77. The zero-order valence-electron chi connectivity index (χ0n) is 15.4. The van der Waals surface area contributed by atoms with Gasteiger partial charge in [-0.15, -0.1) is 0 Å². The molecule has 2 N–H and O–H groups in total. The third-order valence-electron chi connectivity index (χ3n) is 3.96. The van der Waals surface area contributed by atoms with E-state index in [4.69, 9.17) is 4.74 Å². The standard InChI is InChI=1S/C17H28N4O3S2/c1-3-24-16-7-5-4-6-15(16)14-20-17(18-2)19-8-13-26(22,23)21-9-11-25-12-10-21/h4-7H,3,8-14H2,1-2H3,(H2,18,19,20). The van der Waals surface area contributed by atoms with E-state index >= 15 is 0 Å². The number of benzene rings is 1. The van der Waals surface area contributed by atoms with Crippen LogP contribution in [0.3, 0.4) is 0 Å². The number of nitrogens with one attached hydrogen (secondary N) is 2. The van der Waals surface area contributed by atoms with Crippen LogP contribution < -0.4 is 15.4 Å². The molecular formula is C17H28N4O3S2. The number of thioether (sulfide) groups is 1. The van der Waals surface area contributed by atoms with Gasteiger partial charge in [-0.05, 0) is 13.0 Å². The number of hydrogen-bond donors (Lipinski definition) is 2. The van der Waals surface area contributed by atoms with Gasteiger partial charge in [-0.3, -0.25) is 4.99 Å². The van der Waals surface area contributed by atoms with Gasteiger partial charge in [0.2, 0.25) is 10.0 Å². The molecule has 2 rings (SSSR count). The molecule has 146 valence electrons. The highest BCUT2D eigenvalue weighted by Gasteiger charge is 2.23. The first-order chi connectivity index (χ1) is 12.6. The number of nitrogens with zero attached hydrogens (tertiary/aromatic N) is 2. The van der Waals surface area contributed by atoms with Gasteiger partial charge in [0, 0.05) is 50.3 Å². The van der Waals surface area contributed by atoms with E-state index in [0.717, 1.165) is 22.8 Å². The van der Waals surface area contributed by atoms with Crippen LogP contribution in [0.5, 0.6) is 5.75 Å². The van der Waals surface area contributed by atoms with E-state index in [-0.39, 0.29) is 5.75 Å². The number of hydrogen-bond acceptors (Lipinski definition) is 5. The molecule has 0 spiro atoms. The second-order valence-electron chi connectivity index (χ2n) is 5.72. The van der Waals surface area contributed by atoms with Gasteiger partial charge in [0.25, 0.3) is 0 Å². The highest BCUT2D eigenvalue weighted by atomic mass is 32.2. The molecular weight excluding hydrogens is 372 g/mol. The maximum absolute atomic E-state index is 12.4. The maximum Gasteiger partial charge on any atom is 0.215 e. The Kier molecular flexibility index (Phi) is 8.53. The summed E-state index contributed by atoms with van der Waals surface area (Å²) in [6.07, 6.45) is 0. The largest absolute Gasteiger partial charge is 0.494 e. The molecule has 1 aliphatic rings. The highest BCUT2D eigenvalue weighted by Crippen LogP contribution is 2.17. The minimum absolute atomic E-state index is 0.0634. The molecule has 0 aromatic heterocycles. The first kappa shape index (κ1) is 20.9. The van der Waals surface area contributed by atoms with Gasteiger partial charge < -0.3 is 15.4 Å². The quantitative estimate of drug-likeness (QED) is 0.503. The summed E-state index contributed by atoms with van der Waals surface area (Å²) in [7, 11) is -1.55. The van der Waals surface area contributed by atoms with Crippen LogP contribution in [0.1, 0.15) is 12.5 Å². The molecule has 0 amide bonds. The minimum Gasteiger partial charge on any atom is -0.494 e. The summed E-state index contributed by atoms with van der Waals surface area (Å²) in [5.41, 5.74) is 1.02. The summed E-state index contributed by atoms with van der Waals surface area (Å²) in [6, 6.07) is 7.81. The minimum atomic E-state index is -3.21. The smallest absolute Gasteiger partial charge is 0.215 e. The first-order valence-electron chi connectivity index (χ1n) is 8.77. The van der Waals surface area contributed by atoms with Gasteiger partial charge in [-0.2, -0.15) is 11.8 Å². The van der Waals surface area contributed by atoms with Crippen molar-refractivity contribution in [2.75, 3.05) is 50.5 Å². The Bertz CT molecular complexity index is 689. The number of rotatable bonds is 8. The Morgan fingerprint density at radius 3 is 2.69 bits per heavy atom. The van der Waals surface area contributed by atoms with Gasteiger partial charge in [0.1, 0.15) is 5.75 Å². The topological polar surface area (TPSA) is 83.0 Å². The highest BCUT2D eigenvalue weighted by molar-refractivity contribution is 7.99. The molecule has 1 fully saturated rings. The summed E-state index contributed by atoms with van der Waals surface area (Å²) in [5.74, 6) is 3.21. The van der Waals surface area contributed by atoms with E-state index < -0.39 is 10.0 Å². The second-order valence-corrected chi connectivity index (χ2v) is 9.03. The van der Waals surface area contributed by atoms with Crippen molar-refractivity contribution in [3.05, 3.63) is 29.8 Å². The van der Waals surface area contributed by atoms with E-state index in [1.165, 1.54) is 0 Å². The van der Waals surface area contributed by atoms with Gasteiger partial charge in [0.05, 0.1) is 12.4 Å². The van der Waals surface area contributed by atoms with Crippen LogP contribution in [0.25, 0.3) is 0 Å². The Balaban J connectivity index is 1.81. The van der Waals surface area contributed by atoms with Crippen LogP contribution in [0.2, 0.25) is 0 Å². The van der Waals surface area contributed by atoms with Crippen molar-refractivity contribution in [3.63, 3.8) is 0 Å². The SMILES string of the molecule is CCOc1ccccc1CNC(=NC)NCCS(=O)(=O)N1CCSCC1. The molecule has 0 aliphatic carbocycles. The lowest BCUT2D eigenvalue weighted by Crippen LogP contribution is -2.44. The van der Waals surface area contributed by atoms with Gasteiger partial charge in [0.15, 0.2) is 5.96 Å². The van der Waals surface area contributed by atoms with E-state index in [0.29, 0.717) is 38.7 Å². The molecule has 1 aromatic rings. The summed E-state index contributed by atoms with van der Waals surface area (Å²) >= 11 is 1.80. The summed E-state index contributed by atoms with van der Waals surface area (Å²) in [6.45, 7) is 4.64. The van der Waals surface area contributed by atoms with Crippen LogP contribution in [0.4, 0.5) is 0 Å². The Morgan fingerprint density at radius 1 is 1.27 bits per heavy atom. The number of para-hydroxylation sites is 1. The van der Waals surface area contributed by atoms with Crippen LogP contribution >= 0.6 is 11.8 Å². The van der Waals surface area contributed by atoms with Crippen molar-refractivity contribution in [2.45, 2.75) is 13.5 Å². The molecule has 1 heterocycles. The van der Waals surface area contributed by atoms with Crippen LogP contribution in [0, 0.1) is 0 Å². The van der Waals surface area contributed by atoms with E-state index in [2.05, 4.69) is 15.6 Å². The predicted octanol–water partition coefficient (Wildman–Crippen LogP) is 1.13. The van der Waals surface area contributed by atoms with Crippen LogP contribution in [-0.4, -0.2) is 69.2 Å². The van der Waals surface area contributed by atoms with E-state index in [1.807, 2.05) is 31.2 Å². The van der Waals surface area contributed by atoms with E-state index in [9.17, 15) is 8.42 Å². The van der Waals surface area contributed by atoms with Gasteiger partial charge >= 0.3 is 0 Å². The van der Waals surface area contributed by atoms with Crippen molar-refractivity contribution >= 4 is 27.7 Å². The van der Waals surface area contributed by atoms with Crippen LogP contribution in [-0.2, 0) is 16.6 Å². The first-order valence-corrected chi connectivity index (χ1v) is 11.5. The lowest BCUT2D eigenvalue weighted by atomic mass is 10.2. The molecule has 26 heavy (non-hydrogen) atoms. The van der Waals surface area contributed by atoms with Gasteiger partial charge in [-0.1, -0.05) is 18.2 Å². The Labute approximate surface area is 160 Å². The molecule has 0 atom stereocenters. The maximum atomic E-state index is 12.4. The molecule has 0 bridgehead atoms. The molecule has 1 aliphatic heterocycles. The second kappa shape index (κ2) is 10.6. The summed E-state index contributed by atoms with van der Waals surface area (Å²) in [5, 5.41) is 6.27. The number of aliphatic imine (C=N–C) groups is 1. The summed E-state index contributed by atoms with van der Waals surface area (Å²) in [4.78, 5) is 4.15. The zero-order chi connectivity index (χ0) is 18.8. The van der Waals surface area contributed by atoms with Gasteiger partial charge in [-0.25, -0.2) is 12.7 Å². The fourth-order valence-electron chi connectivity index (χ4n) is 2.60. The lowest BCUT2D eigenvalue weighted by Gasteiger charge is -2.25. The normalized spacial score (nSPS) is 16.3. The van der Waals surface area contributed by atoms with Crippen molar-refractivity contribution in [1.82, 2.24) is 14.9 Å². The number of sulfonamides is 1. The fraction of sp³-hybridized carbons (Fsp3) is 0.588. The Hall–Kier alpha value is -1.45. The average molecular weight is 401 g/mol. The van der Waals surface area contributed by atoms with E-state index in [1.54, 1.807) is 23.1 Å². The van der Waals surface area contributed by atoms with Crippen molar-refractivity contribution in [2.24, 2.45) is 4.99 Å². The van der Waals surface area contributed by atoms with Crippen LogP contribution in [0.15, 0.2) is 29.3 Å². The molecule has 7 nitrogen and oxygen atoms in total. The lowest BCUT2D eigenvalue weighted by molar-refractivity contribution is 0.336. The monoisotopic (exact) mass is 400 g/mol. The van der Waals surface area contributed by atoms with Crippen molar-refractivity contribution in [3.8, 4) is 5.75 Å². The predicted molar refractivity (Wildman–Crippen MR) is 108 cm³/mol. The molecule has 1 saturated heterocycles. The average Bonchev–Trinajstić information content (AvgIpc) is 2.66. The van der Waals surface area contributed by atoms with Crippen molar-refractivity contribution < 1.29 is 13.2 Å². The Morgan fingerprint density at radius 2 is 2.00 bits per heavy atom. The molecule has 0 unspecified atom stereocenters. The molecule has 0 saturated carbocycles. The van der Waals surface area contributed by atoms with Crippen molar-refractivity contribution in [1.29, 1.82) is 0 Å². The number of guanidine groups is 1. The molecule has 9 heteroatoms. The molecule has 0 radical (unpaired) electrons. The molecule has 1 aromatic carbocycles. The number of ether oxygens (including phenoxy) is 1. The third kappa shape index (κ3) is 6.37.